The molecule has 0 bridgehead atoms. The van der Waals surface area contributed by atoms with Crippen LogP contribution >= 0.6 is 11.3 Å². The summed E-state index contributed by atoms with van der Waals surface area (Å²) in [4.78, 5) is 27.0. The van der Waals surface area contributed by atoms with Crippen LogP contribution in [-0.2, 0) is 9.59 Å². The van der Waals surface area contributed by atoms with E-state index in [1.165, 1.54) is 11.3 Å². The van der Waals surface area contributed by atoms with Crippen molar-refractivity contribution in [2.75, 3.05) is 5.32 Å². The van der Waals surface area contributed by atoms with E-state index in [1.807, 2.05) is 13.8 Å². The zero-order chi connectivity index (χ0) is 12.8. The Labute approximate surface area is 104 Å². The first-order valence-corrected chi connectivity index (χ1v) is 6.26. The Bertz CT molecular complexity index is 395. The number of carboxylic acid groups (broad SMARTS) is 1. The predicted molar refractivity (Wildman–Crippen MR) is 66.3 cm³/mol. The lowest BCUT2D eigenvalue weighted by molar-refractivity contribution is -0.137. The van der Waals surface area contributed by atoms with Crippen LogP contribution in [0.25, 0.3) is 0 Å². The van der Waals surface area contributed by atoms with Crippen LogP contribution in [0, 0.1) is 13.8 Å². The fourth-order valence-electron chi connectivity index (χ4n) is 1.27. The zero-order valence-electron chi connectivity index (χ0n) is 9.95. The molecule has 0 spiro atoms. The van der Waals surface area contributed by atoms with Crippen LogP contribution < -0.4 is 5.32 Å². The second-order valence-corrected chi connectivity index (χ2v) is 5.01. The van der Waals surface area contributed by atoms with E-state index in [-0.39, 0.29) is 12.3 Å². The standard InChI is InChI=1S/C11H16N2O3S/c1-7-8(2)17-11(12-7)13-9(14)5-3-4-6-10(15)16/h3-6H2,1-2H3,(H,15,16)(H,12,13,14). The highest BCUT2D eigenvalue weighted by atomic mass is 32.1. The highest BCUT2D eigenvalue weighted by Crippen LogP contribution is 2.21. The van der Waals surface area contributed by atoms with Crippen LogP contribution in [0.3, 0.4) is 0 Å². The summed E-state index contributed by atoms with van der Waals surface area (Å²) in [6.45, 7) is 3.85. The number of nitrogens with one attached hydrogen (secondary N) is 1. The Morgan fingerprint density at radius 2 is 1.94 bits per heavy atom. The van der Waals surface area contributed by atoms with Crippen molar-refractivity contribution >= 4 is 28.3 Å². The smallest absolute Gasteiger partial charge is 0.303 e. The molecule has 94 valence electrons. The molecular formula is C11H16N2O3S. The van der Waals surface area contributed by atoms with Crippen LogP contribution in [-0.4, -0.2) is 22.0 Å². The van der Waals surface area contributed by atoms with E-state index in [2.05, 4.69) is 10.3 Å². The van der Waals surface area contributed by atoms with Crippen molar-refractivity contribution in [1.29, 1.82) is 0 Å². The molecule has 17 heavy (non-hydrogen) atoms. The molecule has 1 amide bonds. The third kappa shape index (κ3) is 4.95. The van der Waals surface area contributed by atoms with Gasteiger partial charge < -0.3 is 10.4 Å². The van der Waals surface area contributed by atoms with Crippen molar-refractivity contribution in [3.8, 4) is 0 Å². The summed E-state index contributed by atoms with van der Waals surface area (Å²) in [5.41, 5.74) is 0.927. The van der Waals surface area contributed by atoms with Gasteiger partial charge >= 0.3 is 5.97 Å². The number of nitrogens with zero attached hydrogens (tertiary/aromatic N) is 1. The Kier molecular flexibility index (Phi) is 5.09. The number of aliphatic carboxylic acids is 1. The number of anilines is 1. The lowest BCUT2D eigenvalue weighted by Gasteiger charge is -2.00. The van der Waals surface area contributed by atoms with Gasteiger partial charge in [-0.2, -0.15) is 0 Å². The lowest BCUT2D eigenvalue weighted by atomic mass is 10.2. The molecule has 0 saturated carbocycles. The maximum atomic E-state index is 11.5. The van der Waals surface area contributed by atoms with E-state index in [4.69, 9.17) is 5.11 Å². The van der Waals surface area contributed by atoms with Crippen molar-refractivity contribution in [1.82, 2.24) is 4.98 Å². The lowest BCUT2D eigenvalue weighted by Crippen LogP contribution is -2.11. The summed E-state index contributed by atoms with van der Waals surface area (Å²) in [5.74, 6) is -0.930. The molecule has 0 unspecified atom stereocenters. The number of hydrogen-bond donors (Lipinski definition) is 2. The van der Waals surface area contributed by atoms with E-state index < -0.39 is 5.97 Å². The number of carbonyl (C=O) groups is 2. The normalized spacial score (nSPS) is 10.2. The van der Waals surface area contributed by atoms with Gasteiger partial charge in [0.1, 0.15) is 0 Å². The van der Waals surface area contributed by atoms with Gasteiger partial charge in [0.15, 0.2) is 5.13 Å². The Hall–Kier alpha value is -1.43. The second-order valence-electron chi connectivity index (χ2n) is 3.81. The maximum absolute atomic E-state index is 11.5. The molecule has 5 nitrogen and oxygen atoms in total. The second kappa shape index (κ2) is 6.34. The number of thiazole rings is 1. The van der Waals surface area contributed by atoms with Crippen LogP contribution in [0.15, 0.2) is 0 Å². The number of carbonyl (C=O) groups excluding carboxylic acids is 1. The summed E-state index contributed by atoms with van der Waals surface area (Å²) in [7, 11) is 0. The number of hydrogen-bond acceptors (Lipinski definition) is 4. The van der Waals surface area contributed by atoms with Crippen molar-refractivity contribution in [3.05, 3.63) is 10.6 Å². The summed E-state index contributed by atoms with van der Waals surface area (Å²) in [6.07, 6.45) is 1.56. The fourth-order valence-corrected chi connectivity index (χ4v) is 2.10. The topological polar surface area (TPSA) is 79.3 Å². The van der Waals surface area contributed by atoms with E-state index >= 15 is 0 Å². The van der Waals surface area contributed by atoms with E-state index in [9.17, 15) is 9.59 Å². The van der Waals surface area contributed by atoms with E-state index in [1.54, 1.807) is 0 Å². The SMILES string of the molecule is Cc1nc(NC(=O)CCCCC(=O)O)sc1C. The minimum Gasteiger partial charge on any atom is -0.481 e. The molecule has 0 radical (unpaired) electrons. The van der Waals surface area contributed by atoms with Gasteiger partial charge in [0, 0.05) is 17.7 Å². The van der Waals surface area contributed by atoms with Crippen LogP contribution in [0.2, 0.25) is 0 Å². The average molecular weight is 256 g/mol. The van der Waals surface area contributed by atoms with Crippen molar-refractivity contribution in [2.45, 2.75) is 39.5 Å². The number of carboxylic acids is 1. The molecule has 0 fully saturated rings. The summed E-state index contributed by atoms with van der Waals surface area (Å²) in [5, 5.41) is 11.8. The predicted octanol–water partition coefficient (Wildman–Crippen LogP) is 2.34. The first-order valence-electron chi connectivity index (χ1n) is 5.44. The van der Waals surface area contributed by atoms with Crippen LogP contribution in [0.1, 0.15) is 36.3 Å². The quantitative estimate of drug-likeness (QED) is 0.766. The molecule has 6 heteroatoms. The molecule has 0 aliphatic carbocycles. The maximum Gasteiger partial charge on any atom is 0.303 e. The molecular weight excluding hydrogens is 240 g/mol. The van der Waals surface area contributed by atoms with Gasteiger partial charge in [-0.25, -0.2) is 4.98 Å². The van der Waals surface area contributed by atoms with Crippen LogP contribution in [0.4, 0.5) is 5.13 Å². The van der Waals surface area contributed by atoms with Crippen molar-refractivity contribution < 1.29 is 14.7 Å². The van der Waals surface area contributed by atoms with Crippen molar-refractivity contribution in [3.63, 3.8) is 0 Å². The molecule has 2 N–H and O–H groups in total. The van der Waals surface area contributed by atoms with Gasteiger partial charge in [-0.15, -0.1) is 11.3 Å². The minimum absolute atomic E-state index is 0.107. The van der Waals surface area contributed by atoms with Gasteiger partial charge in [-0.05, 0) is 26.7 Å². The molecule has 1 heterocycles. The largest absolute Gasteiger partial charge is 0.481 e. The summed E-state index contributed by atoms with van der Waals surface area (Å²) < 4.78 is 0. The monoisotopic (exact) mass is 256 g/mol. The summed E-state index contributed by atoms with van der Waals surface area (Å²) >= 11 is 1.45. The summed E-state index contributed by atoms with van der Waals surface area (Å²) in [6, 6.07) is 0. The van der Waals surface area contributed by atoms with E-state index in [0.717, 1.165) is 10.6 Å². The third-order valence-electron chi connectivity index (χ3n) is 2.32. The Morgan fingerprint density at radius 3 is 2.47 bits per heavy atom. The van der Waals surface area contributed by atoms with Gasteiger partial charge in [-0.3, -0.25) is 9.59 Å². The first-order chi connectivity index (χ1) is 7.99. The molecule has 1 aromatic rings. The molecule has 0 saturated heterocycles. The number of unbranched alkanes of at least 4 members (excludes halogenated alkanes) is 1. The highest BCUT2D eigenvalue weighted by Gasteiger charge is 2.07. The molecule has 1 aromatic heterocycles. The fraction of sp³-hybridized carbons (Fsp3) is 0.545. The number of aryl methyl sites for hydroxylation is 2. The first kappa shape index (κ1) is 13.6. The third-order valence-corrected chi connectivity index (χ3v) is 3.31. The van der Waals surface area contributed by atoms with Gasteiger partial charge in [0.05, 0.1) is 5.69 Å². The molecule has 0 aliphatic heterocycles. The molecule has 0 atom stereocenters. The number of rotatable bonds is 6. The zero-order valence-corrected chi connectivity index (χ0v) is 10.8. The van der Waals surface area contributed by atoms with Crippen LogP contribution in [0.5, 0.6) is 0 Å². The molecule has 0 aliphatic rings. The van der Waals surface area contributed by atoms with Gasteiger partial charge in [-0.1, -0.05) is 0 Å². The average Bonchev–Trinajstić information content (AvgIpc) is 2.52. The van der Waals surface area contributed by atoms with Crippen molar-refractivity contribution in [2.24, 2.45) is 0 Å². The molecule has 0 aromatic carbocycles. The minimum atomic E-state index is -0.823. The van der Waals surface area contributed by atoms with Gasteiger partial charge in [0.2, 0.25) is 5.91 Å². The Morgan fingerprint density at radius 1 is 1.29 bits per heavy atom. The highest BCUT2D eigenvalue weighted by molar-refractivity contribution is 7.15. The van der Waals surface area contributed by atoms with E-state index in [0.29, 0.717) is 24.4 Å². The number of aromatic nitrogens is 1. The molecule has 1 rings (SSSR count). The van der Waals surface area contributed by atoms with Gasteiger partial charge in [0.25, 0.3) is 0 Å². The Balaban J connectivity index is 2.27. The number of amides is 1.